The second-order valence-corrected chi connectivity index (χ2v) is 9.99. The van der Waals surface area contributed by atoms with E-state index in [2.05, 4.69) is 18.2 Å². The van der Waals surface area contributed by atoms with Crippen molar-refractivity contribution in [2.24, 2.45) is 11.7 Å². The Bertz CT molecular complexity index is 962. The van der Waals surface area contributed by atoms with Gasteiger partial charge in [-0.15, -0.1) is 0 Å². The Morgan fingerprint density at radius 1 is 1.06 bits per heavy atom. The number of rotatable bonds is 8. The molecule has 0 aromatic heterocycles. The summed E-state index contributed by atoms with van der Waals surface area (Å²) < 4.78 is 5.25. The predicted octanol–water partition coefficient (Wildman–Crippen LogP) is 3.19. The Hall–Kier alpha value is -2.45. The number of nitrogens with zero attached hydrogens (tertiary/aromatic N) is 2. The summed E-state index contributed by atoms with van der Waals surface area (Å²) in [5.41, 5.74) is 7.88. The SMILES string of the molecule is COCCCCC(O)(c1ccccc1-c1ccccc1)C1CCCN(C(=O)N2CC(N)C(O)C2)C1. The topological polar surface area (TPSA) is 99.3 Å². The molecule has 2 aromatic rings. The number of aliphatic hydroxyl groups excluding tert-OH is 1. The predicted molar refractivity (Wildman–Crippen MR) is 137 cm³/mol. The van der Waals surface area contributed by atoms with Gasteiger partial charge in [-0.3, -0.25) is 0 Å². The number of ether oxygens (including phenoxy) is 1. The van der Waals surface area contributed by atoms with Crippen LogP contribution >= 0.6 is 0 Å². The quantitative estimate of drug-likeness (QED) is 0.503. The van der Waals surface area contributed by atoms with E-state index in [1.165, 1.54) is 0 Å². The molecule has 2 aliphatic rings. The van der Waals surface area contributed by atoms with E-state index in [0.29, 0.717) is 32.7 Å². The van der Waals surface area contributed by atoms with E-state index in [1.807, 2.05) is 41.3 Å². The second kappa shape index (κ2) is 11.5. The number of amides is 2. The molecule has 0 radical (unpaired) electrons. The van der Waals surface area contributed by atoms with Crippen LogP contribution in [0, 0.1) is 5.92 Å². The molecule has 0 spiro atoms. The highest BCUT2D eigenvalue weighted by atomic mass is 16.5. The zero-order valence-electron chi connectivity index (χ0n) is 20.7. The monoisotopic (exact) mass is 481 g/mol. The van der Waals surface area contributed by atoms with Gasteiger partial charge in [0.05, 0.1) is 11.7 Å². The Kier molecular flexibility index (Phi) is 8.44. The van der Waals surface area contributed by atoms with Gasteiger partial charge >= 0.3 is 6.03 Å². The van der Waals surface area contributed by atoms with Gasteiger partial charge in [-0.05, 0) is 48.8 Å². The fourth-order valence-corrected chi connectivity index (χ4v) is 5.64. The van der Waals surface area contributed by atoms with Crippen LogP contribution in [0.4, 0.5) is 4.79 Å². The molecular formula is C28H39N3O4. The molecular weight excluding hydrogens is 442 g/mol. The molecule has 2 aliphatic heterocycles. The number of hydrogen-bond acceptors (Lipinski definition) is 5. The van der Waals surface area contributed by atoms with E-state index < -0.39 is 17.7 Å². The maximum atomic E-state index is 13.3. The lowest BCUT2D eigenvalue weighted by Crippen LogP contribution is -2.52. The van der Waals surface area contributed by atoms with Crippen molar-refractivity contribution in [1.29, 1.82) is 0 Å². The first-order valence-electron chi connectivity index (χ1n) is 12.8. The first-order valence-corrected chi connectivity index (χ1v) is 12.8. The number of unbranched alkanes of at least 4 members (excludes halogenated alkanes) is 1. The number of likely N-dealkylation sites (tertiary alicyclic amines) is 2. The molecule has 2 amide bonds. The molecule has 7 nitrogen and oxygen atoms in total. The Morgan fingerprint density at radius 3 is 2.51 bits per heavy atom. The molecule has 4 N–H and O–H groups in total. The summed E-state index contributed by atoms with van der Waals surface area (Å²) >= 11 is 0. The number of benzene rings is 2. The van der Waals surface area contributed by atoms with Crippen molar-refractivity contribution in [2.75, 3.05) is 39.9 Å². The van der Waals surface area contributed by atoms with Gasteiger partial charge in [-0.1, -0.05) is 54.6 Å². The normalized spacial score (nSPS) is 24.4. The fraction of sp³-hybridized carbons (Fsp3) is 0.536. The second-order valence-electron chi connectivity index (χ2n) is 9.99. The number of urea groups is 1. The highest BCUT2D eigenvalue weighted by molar-refractivity contribution is 5.75. The molecule has 0 saturated carbocycles. The molecule has 4 unspecified atom stereocenters. The summed E-state index contributed by atoms with van der Waals surface area (Å²) in [6, 6.07) is 17.8. The van der Waals surface area contributed by atoms with Gasteiger partial charge in [0.25, 0.3) is 0 Å². The van der Waals surface area contributed by atoms with Gasteiger partial charge < -0.3 is 30.5 Å². The lowest BCUT2D eigenvalue weighted by molar-refractivity contribution is -0.0571. The highest BCUT2D eigenvalue weighted by Crippen LogP contribution is 2.43. The number of carbonyl (C=O) groups is 1. The zero-order valence-corrected chi connectivity index (χ0v) is 20.7. The van der Waals surface area contributed by atoms with Crippen LogP contribution in [0.2, 0.25) is 0 Å². The summed E-state index contributed by atoms with van der Waals surface area (Å²) in [5, 5.41) is 22.5. The molecule has 0 bridgehead atoms. The molecule has 35 heavy (non-hydrogen) atoms. The van der Waals surface area contributed by atoms with Gasteiger partial charge in [-0.2, -0.15) is 0 Å². The van der Waals surface area contributed by atoms with Crippen LogP contribution in [0.25, 0.3) is 11.1 Å². The highest BCUT2D eigenvalue weighted by Gasteiger charge is 2.43. The summed E-state index contributed by atoms with van der Waals surface area (Å²) in [5.74, 6) is -0.103. The van der Waals surface area contributed by atoms with E-state index in [4.69, 9.17) is 10.5 Å². The van der Waals surface area contributed by atoms with Crippen molar-refractivity contribution < 1.29 is 19.7 Å². The average Bonchev–Trinajstić information content (AvgIpc) is 3.24. The first-order chi connectivity index (χ1) is 16.9. The molecule has 2 fully saturated rings. The van der Waals surface area contributed by atoms with Crippen LogP contribution in [0.3, 0.4) is 0 Å². The third-order valence-electron chi connectivity index (χ3n) is 7.61. The van der Waals surface area contributed by atoms with Crippen molar-refractivity contribution in [2.45, 2.75) is 49.9 Å². The van der Waals surface area contributed by atoms with Crippen molar-refractivity contribution in [1.82, 2.24) is 9.80 Å². The summed E-state index contributed by atoms with van der Waals surface area (Å²) in [7, 11) is 1.70. The lowest BCUT2D eigenvalue weighted by Gasteiger charge is -2.44. The third-order valence-corrected chi connectivity index (χ3v) is 7.61. The van der Waals surface area contributed by atoms with E-state index in [-0.39, 0.29) is 18.5 Å². The number of hydrogen-bond donors (Lipinski definition) is 3. The van der Waals surface area contributed by atoms with Gasteiger partial charge in [0.2, 0.25) is 0 Å². The van der Waals surface area contributed by atoms with Crippen LogP contribution in [0.1, 0.15) is 37.7 Å². The minimum Gasteiger partial charge on any atom is -0.390 e. The number of methoxy groups -OCH3 is 1. The molecule has 4 atom stereocenters. The van der Waals surface area contributed by atoms with E-state index >= 15 is 0 Å². The molecule has 190 valence electrons. The Morgan fingerprint density at radius 2 is 1.80 bits per heavy atom. The molecule has 2 aromatic carbocycles. The largest absolute Gasteiger partial charge is 0.390 e. The van der Waals surface area contributed by atoms with Crippen LogP contribution in [-0.4, -0.2) is 78.1 Å². The number of piperidine rings is 1. The van der Waals surface area contributed by atoms with E-state index in [9.17, 15) is 15.0 Å². The average molecular weight is 482 g/mol. The van der Waals surface area contributed by atoms with Crippen LogP contribution in [-0.2, 0) is 10.3 Å². The number of nitrogens with two attached hydrogens (primary N) is 1. The van der Waals surface area contributed by atoms with Crippen molar-refractivity contribution >= 4 is 6.03 Å². The standard InChI is InChI=1S/C28H39N3O4/c1-35-17-8-7-15-28(34,24-14-6-5-13-23(24)21-10-3-2-4-11-21)22-12-9-16-30(18-22)27(33)31-19-25(29)26(32)20-31/h2-6,10-11,13-14,22,25-26,32,34H,7-9,12,15-20,29H2,1H3. The number of aliphatic hydroxyl groups is 2. The smallest absolute Gasteiger partial charge is 0.320 e. The Labute approximate surface area is 208 Å². The number of β-amino-alcohol motifs (C(OH)–C–C–N with tert-alkyl or cyclic N) is 1. The van der Waals surface area contributed by atoms with Crippen LogP contribution < -0.4 is 5.73 Å². The lowest BCUT2D eigenvalue weighted by atomic mass is 9.72. The molecule has 4 rings (SSSR count). The summed E-state index contributed by atoms with van der Waals surface area (Å²) in [6.07, 6.45) is 3.27. The molecule has 2 saturated heterocycles. The minimum absolute atomic E-state index is 0.0974. The maximum Gasteiger partial charge on any atom is 0.320 e. The molecule has 0 aliphatic carbocycles. The van der Waals surface area contributed by atoms with Gasteiger partial charge in [0.15, 0.2) is 0 Å². The van der Waals surface area contributed by atoms with E-state index in [1.54, 1.807) is 12.0 Å². The minimum atomic E-state index is -1.08. The third kappa shape index (κ3) is 5.70. The summed E-state index contributed by atoms with van der Waals surface area (Å²) in [6.45, 7) is 2.41. The van der Waals surface area contributed by atoms with Crippen LogP contribution in [0.15, 0.2) is 54.6 Å². The van der Waals surface area contributed by atoms with E-state index in [0.717, 1.165) is 42.4 Å². The molecule has 2 heterocycles. The van der Waals surface area contributed by atoms with Crippen molar-refractivity contribution in [3.05, 3.63) is 60.2 Å². The maximum absolute atomic E-state index is 13.3. The summed E-state index contributed by atoms with van der Waals surface area (Å²) in [4.78, 5) is 16.8. The van der Waals surface area contributed by atoms with Crippen LogP contribution in [0.5, 0.6) is 0 Å². The van der Waals surface area contributed by atoms with Gasteiger partial charge in [-0.25, -0.2) is 4.79 Å². The van der Waals surface area contributed by atoms with Crippen molar-refractivity contribution in [3.63, 3.8) is 0 Å². The molecule has 7 heteroatoms. The Balaban J connectivity index is 1.62. The zero-order chi connectivity index (χ0) is 24.8. The number of carbonyl (C=O) groups excluding carboxylic acids is 1. The fourth-order valence-electron chi connectivity index (χ4n) is 5.64. The van der Waals surface area contributed by atoms with Crippen molar-refractivity contribution in [3.8, 4) is 11.1 Å². The van der Waals surface area contributed by atoms with Gasteiger partial charge in [0.1, 0.15) is 0 Å². The first kappa shape index (κ1) is 25.6. The van der Waals surface area contributed by atoms with Gasteiger partial charge in [0, 0.05) is 51.9 Å².